The molecule has 1 atom stereocenters. The van der Waals surface area contributed by atoms with Crippen molar-refractivity contribution in [2.24, 2.45) is 11.7 Å². The number of carbonyl (C=O) groups excluding carboxylic acids is 2. The summed E-state index contributed by atoms with van der Waals surface area (Å²) in [5.41, 5.74) is 5.79. The Morgan fingerprint density at radius 2 is 1.78 bits per heavy atom. The highest BCUT2D eigenvalue weighted by Crippen LogP contribution is 2.24. The Labute approximate surface area is 159 Å². The summed E-state index contributed by atoms with van der Waals surface area (Å²) in [6, 6.07) is 16.4. The fourth-order valence-corrected chi connectivity index (χ4v) is 3.36. The Kier molecular flexibility index (Phi) is 6.44. The summed E-state index contributed by atoms with van der Waals surface area (Å²) < 4.78 is 5.78. The van der Waals surface area contributed by atoms with Gasteiger partial charge in [0.1, 0.15) is 11.5 Å². The number of Topliss-reactive ketones (excluding diaryl/α,β-unsaturated/α-hetero) is 1. The van der Waals surface area contributed by atoms with Crippen LogP contribution in [0.2, 0.25) is 0 Å². The van der Waals surface area contributed by atoms with Crippen molar-refractivity contribution in [1.29, 1.82) is 0 Å². The number of hydrogen-bond acceptors (Lipinski definition) is 4. The summed E-state index contributed by atoms with van der Waals surface area (Å²) in [7, 11) is 0. The largest absolute Gasteiger partial charge is 0.457 e. The van der Waals surface area contributed by atoms with Gasteiger partial charge in [-0.1, -0.05) is 18.2 Å². The van der Waals surface area contributed by atoms with Gasteiger partial charge in [0.25, 0.3) is 0 Å². The van der Waals surface area contributed by atoms with E-state index in [2.05, 4.69) is 10.2 Å². The van der Waals surface area contributed by atoms with Gasteiger partial charge in [0.05, 0.1) is 0 Å². The highest BCUT2D eigenvalue weighted by Gasteiger charge is 2.26. The van der Waals surface area contributed by atoms with Crippen LogP contribution in [0.25, 0.3) is 0 Å². The van der Waals surface area contributed by atoms with E-state index in [1.54, 1.807) is 0 Å². The third-order valence-electron chi connectivity index (χ3n) is 4.72. The first-order valence-corrected chi connectivity index (χ1v) is 9.24. The lowest BCUT2D eigenvalue weighted by Crippen LogP contribution is -2.43. The molecule has 2 aromatic rings. The monoisotopic (exact) mass is 367 g/mol. The van der Waals surface area contributed by atoms with E-state index >= 15 is 0 Å². The summed E-state index contributed by atoms with van der Waals surface area (Å²) in [4.78, 5) is 25.8. The summed E-state index contributed by atoms with van der Waals surface area (Å²) in [5, 5.41) is 2.59. The molecular formula is C21H25N3O3. The number of para-hydroxylation sites is 1. The molecule has 2 amide bonds. The number of urea groups is 1. The second kappa shape index (κ2) is 9.19. The second-order valence-corrected chi connectivity index (χ2v) is 6.73. The summed E-state index contributed by atoms with van der Waals surface area (Å²) in [6.45, 7) is 2.86. The molecule has 2 aromatic carbocycles. The van der Waals surface area contributed by atoms with Gasteiger partial charge in [0.2, 0.25) is 0 Å². The van der Waals surface area contributed by atoms with Gasteiger partial charge in [-0.25, -0.2) is 4.79 Å². The molecule has 142 valence electrons. The van der Waals surface area contributed by atoms with Crippen molar-refractivity contribution in [3.8, 4) is 11.5 Å². The number of primary amides is 1. The Hall–Kier alpha value is -2.86. The van der Waals surface area contributed by atoms with Gasteiger partial charge >= 0.3 is 6.03 Å². The first-order valence-electron chi connectivity index (χ1n) is 9.24. The van der Waals surface area contributed by atoms with E-state index in [0.717, 1.165) is 25.1 Å². The number of ketones is 1. The van der Waals surface area contributed by atoms with Gasteiger partial charge < -0.3 is 20.7 Å². The number of likely N-dealkylation sites (tertiary alicyclic amines) is 1. The van der Waals surface area contributed by atoms with Crippen LogP contribution in [0.1, 0.15) is 23.2 Å². The third kappa shape index (κ3) is 5.56. The summed E-state index contributed by atoms with van der Waals surface area (Å²) in [5.74, 6) is 1.62. The van der Waals surface area contributed by atoms with E-state index in [4.69, 9.17) is 10.5 Å². The smallest absolute Gasteiger partial charge is 0.312 e. The molecule has 1 heterocycles. The molecule has 0 bridgehead atoms. The van der Waals surface area contributed by atoms with E-state index in [0.29, 0.717) is 30.9 Å². The maximum absolute atomic E-state index is 12.8. The highest BCUT2D eigenvalue weighted by molar-refractivity contribution is 5.98. The van der Waals surface area contributed by atoms with Crippen LogP contribution in [0.3, 0.4) is 0 Å². The zero-order valence-corrected chi connectivity index (χ0v) is 15.3. The Morgan fingerprint density at radius 1 is 1.07 bits per heavy atom. The van der Waals surface area contributed by atoms with Crippen LogP contribution >= 0.6 is 0 Å². The molecule has 0 saturated carbocycles. The van der Waals surface area contributed by atoms with E-state index in [-0.39, 0.29) is 11.7 Å². The van der Waals surface area contributed by atoms with Crippen molar-refractivity contribution in [1.82, 2.24) is 10.2 Å². The number of nitrogens with zero attached hydrogens (tertiary/aromatic N) is 1. The lowest BCUT2D eigenvalue weighted by Gasteiger charge is -2.31. The summed E-state index contributed by atoms with van der Waals surface area (Å²) >= 11 is 0. The van der Waals surface area contributed by atoms with Crippen LogP contribution < -0.4 is 15.8 Å². The maximum atomic E-state index is 12.8. The molecule has 0 radical (unpaired) electrons. The number of carbonyl (C=O) groups is 2. The number of hydrogen-bond donors (Lipinski definition) is 2. The molecule has 3 rings (SSSR count). The number of amides is 2. The maximum Gasteiger partial charge on any atom is 0.312 e. The topological polar surface area (TPSA) is 84.7 Å². The second-order valence-electron chi connectivity index (χ2n) is 6.73. The van der Waals surface area contributed by atoms with E-state index in [1.165, 1.54) is 0 Å². The van der Waals surface area contributed by atoms with Gasteiger partial charge in [-0.2, -0.15) is 0 Å². The molecule has 0 aliphatic carbocycles. The predicted molar refractivity (Wildman–Crippen MR) is 104 cm³/mol. The number of rotatable bonds is 7. The normalized spacial score (nSPS) is 17.3. The van der Waals surface area contributed by atoms with Crippen LogP contribution in [-0.2, 0) is 0 Å². The summed E-state index contributed by atoms with van der Waals surface area (Å²) in [6.07, 6.45) is 1.86. The van der Waals surface area contributed by atoms with E-state index in [9.17, 15) is 9.59 Å². The molecule has 1 saturated heterocycles. The molecule has 1 aliphatic heterocycles. The third-order valence-corrected chi connectivity index (χ3v) is 4.72. The SMILES string of the molecule is NC(=O)NCCN1CCCC(C(=O)c2ccc(Oc3ccccc3)cc2)C1. The molecule has 3 N–H and O–H groups in total. The van der Waals surface area contributed by atoms with Crippen LogP contribution in [0.15, 0.2) is 54.6 Å². The highest BCUT2D eigenvalue weighted by atomic mass is 16.5. The molecule has 1 fully saturated rings. The average molecular weight is 367 g/mol. The van der Waals surface area contributed by atoms with Crippen molar-refractivity contribution in [3.05, 3.63) is 60.2 Å². The molecule has 1 aliphatic rings. The fourth-order valence-electron chi connectivity index (χ4n) is 3.36. The van der Waals surface area contributed by atoms with Gasteiger partial charge in [-0.3, -0.25) is 4.79 Å². The van der Waals surface area contributed by atoms with Gasteiger partial charge in [0, 0.05) is 31.1 Å². The minimum absolute atomic E-state index is 0.0202. The van der Waals surface area contributed by atoms with Crippen LogP contribution in [0.4, 0.5) is 4.79 Å². The van der Waals surface area contributed by atoms with E-state index < -0.39 is 6.03 Å². The molecule has 0 spiro atoms. The first-order chi connectivity index (χ1) is 13.1. The van der Waals surface area contributed by atoms with Gasteiger partial charge in [-0.05, 0) is 55.8 Å². The average Bonchev–Trinajstić information content (AvgIpc) is 2.69. The lowest BCUT2D eigenvalue weighted by molar-refractivity contribution is 0.0821. The number of piperidine rings is 1. The minimum Gasteiger partial charge on any atom is -0.457 e. The Bertz CT molecular complexity index is 762. The number of nitrogens with two attached hydrogens (primary N) is 1. The fraction of sp³-hybridized carbons (Fsp3) is 0.333. The van der Waals surface area contributed by atoms with Crippen LogP contribution in [0.5, 0.6) is 11.5 Å². The number of nitrogens with one attached hydrogen (secondary N) is 1. The predicted octanol–water partition coefficient (Wildman–Crippen LogP) is 3.04. The zero-order chi connectivity index (χ0) is 19.1. The number of ether oxygens (including phenoxy) is 1. The first kappa shape index (κ1) is 18.9. The van der Waals surface area contributed by atoms with Gasteiger partial charge in [0.15, 0.2) is 5.78 Å². The van der Waals surface area contributed by atoms with Crippen molar-refractivity contribution in [2.45, 2.75) is 12.8 Å². The molecule has 0 aromatic heterocycles. The van der Waals surface area contributed by atoms with Crippen molar-refractivity contribution >= 4 is 11.8 Å². The lowest BCUT2D eigenvalue weighted by atomic mass is 9.90. The Morgan fingerprint density at radius 3 is 2.48 bits per heavy atom. The minimum atomic E-state index is -0.516. The van der Waals surface area contributed by atoms with Crippen LogP contribution in [-0.4, -0.2) is 42.9 Å². The van der Waals surface area contributed by atoms with Crippen LogP contribution in [0, 0.1) is 5.92 Å². The quantitative estimate of drug-likeness (QED) is 0.737. The van der Waals surface area contributed by atoms with Crippen molar-refractivity contribution in [3.63, 3.8) is 0 Å². The molecular weight excluding hydrogens is 342 g/mol. The van der Waals surface area contributed by atoms with Crippen molar-refractivity contribution in [2.75, 3.05) is 26.2 Å². The molecule has 1 unspecified atom stereocenters. The van der Waals surface area contributed by atoms with E-state index in [1.807, 2.05) is 54.6 Å². The Balaban J connectivity index is 1.55. The molecule has 6 nitrogen and oxygen atoms in total. The zero-order valence-electron chi connectivity index (χ0n) is 15.3. The number of benzene rings is 2. The van der Waals surface area contributed by atoms with Gasteiger partial charge in [-0.15, -0.1) is 0 Å². The van der Waals surface area contributed by atoms with Crippen molar-refractivity contribution < 1.29 is 14.3 Å². The standard InChI is InChI=1S/C21H25N3O3/c22-21(26)23-12-14-24-13-4-5-17(15-24)20(25)16-8-10-19(11-9-16)27-18-6-2-1-3-7-18/h1-3,6-11,17H,4-5,12-15H2,(H3,22,23,26). The molecule has 27 heavy (non-hydrogen) atoms. The molecule has 6 heteroatoms.